The summed E-state index contributed by atoms with van der Waals surface area (Å²) in [5, 5.41) is 2.91. The van der Waals surface area contributed by atoms with Gasteiger partial charge in [0.05, 0.1) is 5.56 Å². The number of nitrogens with zero attached hydrogens (tertiary/aromatic N) is 1. The van der Waals surface area contributed by atoms with Gasteiger partial charge in [-0.3, -0.25) is 4.79 Å². The molecule has 0 spiro atoms. The van der Waals surface area contributed by atoms with E-state index in [9.17, 15) is 4.79 Å². The number of hydrogen-bond donors (Lipinski definition) is 2. The Labute approximate surface area is 110 Å². The van der Waals surface area contributed by atoms with Crippen molar-refractivity contribution >= 4 is 27.7 Å². The van der Waals surface area contributed by atoms with Crippen LogP contribution >= 0.6 is 15.9 Å². The van der Waals surface area contributed by atoms with E-state index >= 15 is 0 Å². The fraction of sp³-hybridized carbons (Fsp3) is 0.500. The minimum absolute atomic E-state index is 0.0979. The van der Waals surface area contributed by atoms with E-state index in [0.717, 1.165) is 6.42 Å². The molecule has 0 aromatic carbocycles. The highest BCUT2D eigenvalue weighted by Crippen LogP contribution is 2.20. The van der Waals surface area contributed by atoms with Gasteiger partial charge in [-0.15, -0.1) is 0 Å². The second-order valence-electron chi connectivity index (χ2n) is 4.79. The van der Waals surface area contributed by atoms with Crippen molar-refractivity contribution in [1.29, 1.82) is 0 Å². The molecule has 1 amide bonds. The Morgan fingerprint density at radius 2 is 2.24 bits per heavy atom. The predicted molar refractivity (Wildman–Crippen MR) is 72.8 cm³/mol. The van der Waals surface area contributed by atoms with E-state index in [1.807, 2.05) is 0 Å². The van der Waals surface area contributed by atoms with Gasteiger partial charge < -0.3 is 11.1 Å². The summed E-state index contributed by atoms with van der Waals surface area (Å²) in [5.74, 6) is 0.209. The highest BCUT2D eigenvalue weighted by atomic mass is 79.9. The Hall–Kier alpha value is -1.10. The molecule has 0 atom stereocenters. The van der Waals surface area contributed by atoms with Crippen molar-refractivity contribution in [2.45, 2.75) is 27.2 Å². The standard InChI is InChI=1S/C12H18BrN3O/c1-4-12(2,3)7-16-11(17)8-5-10(14)15-6-9(8)13/h5-6H,4,7H2,1-3H3,(H2,14,15)(H,16,17). The molecular formula is C12H18BrN3O. The summed E-state index contributed by atoms with van der Waals surface area (Å²) < 4.78 is 0.651. The van der Waals surface area contributed by atoms with Crippen molar-refractivity contribution in [3.63, 3.8) is 0 Å². The molecule has 0 saturated heterocycles. The highest BCUT2D eigenvalue weighted by Gasteiger charge is 2.18. The van der Waals surface area contributed by atoms with Crippen LogP contribution < -0.4 is 11.1 Å². The number of rotatable bonds is 4. The van der Waals surface area contributed by atoms with Crippen molar-refractivity contribution in [2.75, 3.05) is 12.3 Å². The molecule has 0 fully saturated rings. The van der Waals surface area contributed by atoms with Gasteiger partial charge in [-0.05, 0) is 33.8 Å². The average Bonchev–Trinajstić information content (AvgIpc) is 2.29. The molecule has 3 N–H and O–H groups in total. The van der Waals surface area contributed by atoms with E-state index < -0.39 is 0 Å². The van der Waals surface area contributed by atoms with Gasteiger partial charge in [-0.2, -0.15) is 0 Å². The van der Waals surface area contributed by atoms with Gasteiger partial charge in [0.15, 0.2) is 0 Å². The highest BCUT2D eigenvalue weighted by molar-refractivity contribution is 9.10. The molecule has 1 aromatic rings. The average molecular weight is 300 g/mol. The van der Waals surface area contributed by atoms with Gasteiger partial charge in [0.25, 0.3) is 5.91 Å². The van der Waals surface area contributed by atoms with E-state index in [2.05, 4.69) is 47.0 Å². The quantitative estimate of drug-likeness (QED) is 0.898. The van der Waals surface area contributed by atoms with Crippen molar-refractivity contribution in [1.82, 2.24) is 10.3 Å². The first-order valence-electron chi connectivity index (χ1n) is 5.55. The van der Waals surface area contributed by atoms with Gasteiger partial charge in [-0.1, -0.05) is 20.8 Å². The lowest BCUT2D eigenvalue weighted by molar-refractivity contribution is 0.0935. The minimum atomic E-state index is -0.132. The van der Waals surface area contributed by atoms with Crippen LogP contribution in [0.25, 0.3) is 0 Å². The molecule has 1 rings (SSSR count). The van der Waals surface area contributed by atoms with Gasteiger partial charge in [0.2, 0.25) is 0 Å². The Kier molecular flexibility index (Phi) is 4.51. The molecule has 0 aliphatic heterocycles. The Bertz CT molecular complexity index is 418. The number of nitrogens with one attached hydrogen (secondary N) is 1. The number of aromatic nitrogens is 1. The SMILES string of the molecule is CCC(C)(C)CNC(=O)c1cc(N)ncc1Br. The molecule has 0 radical (unpaired) electrons. The number of carbonyl (C=O) groups excluding carboxylic acids is 1. The Balaban J connectivity index is 2.74. The lowest BCUT2D eigenvalue weighted by Crippen LogP contribution is -2.33. The monoisotopic (exact) mass is 299 g/mol. The minimum Gasteiger partial charge on any atom is -0.384 e. The van der Waals surface area contributed by atoms with Gasteiger partial charge in [0.1, 0.15) is 5.82 Å². The number of nitrogen functional groups attached to an aromatic ring is 1. The molecule has 1 aromatic heterocycles. The molecule has 0 aliphatic rings. The molecule has 4 nitrogen and oxygen atoms in total. The van der Waals surface area contributed by atoms with Crippen molar-refractivity contribution in [2.24, 2.45) is 5.41 Å². The zero-order chi connectivity index (χ0) is 13.1. The van der Waals surface area contributed by atoms with Crippen LogP contribution in [0.4, 0.5) is 5.82 Å². The molecule has 0 aliphatic carbocycles. The summed E-state index contributed by atoms with van der Waals surface area (Å²) in [6.07, 6.45) is 2.54. The molecular weight excluding hydrogens is 282 g/mol. The summed E-state index contributed by atoms with van der Waals surface area (Å²) in [7, 11) is 0. The van der Waals surface area contributed by atoms with Crippen LogP contribution in [0.2, 0.25) is 0 Å². The van der Waals surface area contributed by atoms with E-state index in [1.165, 1.54) is 6.20 Å². The lowest BCUT2D eigenvalue weighted by Gasteiger charge is -2.22. The number of carbonyl (C=O) groups is 1. The van der Waals surface area contributed by atoms with Crippen molar-refractivity contribution in [3.8, 4) is 0 Å². The van der Waals surface area contributed by atoms with Crippen molar-refractivity contribution in [3.05, 3.63) is 22.3 Å². The zero-order valence-electron chi connectivity index (χ0n) is 10.4. The normalized spacial score (nSPS) is 11.3. The molecule has 0 unspecified atom stereocenters. The number of anilines is 1. The fourth-order valence-corrected chi connectivity index (χ4v) is 1.57. The molecule has 0 bridgehead atoms. The maximum absolute atomic E-state index is 12.0. The Morgan fingerprint density at radius 3 is 2.82 bits per heavy atom. The zero-order valence-corrected chi connectivity index (χ0v) is 12.0. The molecule has 0 saturated carbocycles. The number of nitrogens with two attached hydrogens (primary N) is 1. The van der Waals surface area contributed by atoms with E-state index in [0.29, 0.717) is 22.4 Å². The first-order chi connectivity index (χ1) is 7.85. The maximum Gasteiger partial charge on any atom is 0.252 e. The summed E-state index contributed by atoms with van der Waals surface area (Å²) >= 11 is 3.29. The lowest BCUT2D eigenvalue weighted by atomic mass is 9.90. The number of amides is 1. The second kappa shape index (κ2) is 5.49. The van der Waals surface area contributed by atoms with E-state index in [1.54, 1.807) is 6.07 Å². The first-order valence-corrected chi connectivity index (χ1v) is 6.34. The van der Waals surface area contributed by atoms with E-state index in [4.69, 9.17) is 5.73 Å². The van der Waals surface area contributed by atoms with Crippen LogP contribution in [0.5, 0.6) is 0 Å². The van der Waals surface area contributed by atoms with Crippen molar-refractivity contribution < 1.29 is 4.79 Å². The van der Waals surface area contributed by atoms with Crippen LogP contribution in [-0.2, 0) is 0 Å². The number of pyridine rings is 1. The summed E-state index contributed by atoms with van der Waals surface area (Å²) in [5.41, 5.74) is 6.18. The fourth-order valence-electron chi connectivity index (χ4n) is 1.17. The van der Waals surface area contributed by atoms with Gasteiger partial charge in [-0.25, -0.2) is 4.98 Å². The van der Waals surface area contributed by atoms with Crippen LogP contribution in [0.3, 0.4) is 0 Å². The number of hydrogen-bond acceptors (Lipinski definition) is 3. The predicted octanol–water partition coefficient (Wildman–Crippen LogP) is 2.59. The molecule has 17 heavy (non-hydrogen) atoms. The van der Waals surface area contributed by atoms with Crippen LogP contribution in [0.1, 0.15) is 37.6 Å². The summed E-state index contributed by atoms with van der Waals surface area (Å²) in [6.45, 7) is 6.97. The van der Waals surface area contributed by atoms with Crippen LogP contribution in [-0.4, -0.2) is 17.4 Å². The van der Waals surface area contributed by atoms with Gasteiger partial charge in [0, 0.05) is 17.2 Å². The maximum atomic E-state index is 12.0. The van der Waals surface area contributed by atoms with Crippen LogP contribution in [0.15, 0.2) is 16.7 Å². The topological polar surface area (TPSA) is 68.0 Å². The van der Waals surface area contributed by atoms with E-state index in [-0.39, 0.29) is 11.3 Å². The molecule has 5 heteroatoms. The largest absolute Gasteiger partial charge is 0.384 e. The number of halogens is 1. The third kappa shape index (κ3) is 4.00. The molecule has 1 heterocycles. The molecule has 94 valence electrons. The second-order valence-corrected chi connectivity index (χ2v) is 5.64. The summed E-state index contributed by atoms with van der Waals surface area (Å²) in [4.78, 5) is 15.9. The van der Waals surface area contributed by atoms with Gasteiger partial charge >= 0.3 is 0 Å². The third-order valence-electron chi connectivity index (χ3n) is 2.81. The first kappa shape index (κ1) is 14.0. The third-order valence-corrected chi connectivity index (χ3v) is 3.44. The summed E-state index contributed by atoms with van der Waals surface area (Å²) in [6, 6.07) is 1.57. The van der Waals surface area contributed by atoms with Crippen LogP contribution in [0, 0.1) is 5.41 Å². The Morgan fingerprint density at radius 1 is 1.59 bits per heavy atom. The smallest absolute Gasteiger partial charge is 0.252 e.